The van der Waals surface area contributed by atoms with Gasteiger partial charge in [0.1, 0.15) is 24.9 Å². The third-order valence-corrected chi connectivity index (χ3v) is 11.6. The highest BCUT2D eigenvalue weighted by Gasteiger charge is 2.52. The van der Waals surface area contributed by atoms with Crippen molar-refractivity contribution in [2.24, 2.45) is 0 Å². The Balaban J connectivity index is 0.000000279. The molecular formula is C47H56F5N10O13P2Si+. The third kappa shape index (κ3) is 16.2. The summed E-state index contributed by atoms with van der Waals surface area (Å²) >= 11 is 0. The molecule has 2 aromatic carbocycles. The lowest BCUT2D eigenvalue weighted by Gasteiger charge is -2.21. The Bertz CT molecular complexity index is 3030. The molecule has 31 heteroatoms. The van der Waals surface area contributed by atoms with Crippen molar-refractivity contribution in [2.75, 3.05) is 49.9 Å². The molecule has 2 aliphatic rings. The van der Waals surface area contributed by atoms with E-state index in [0.717, 1.165) is 0 Å². The van der Waals surface area contributed by atoms with Crippen molar-refractivity contribution in [1.29, 1.82) is 1.43 Å². The van der Waals surface area contributed by atoms with Crippen LogP contribution in [0.1, 0.15) is 48.4 Å². The molecule has 0 saturated carbocycles. The number of aromatic nitrogens is 8. The first-order valence-electron chi connectivity index (χ1n) is 23.9. The summed E-state index contributed by atoms with van der Waals surface area (Å²) in [5.74, 6) is -1.90. The number of anilines is 2. The molecule has 6 heterocycles. The van der Waals surface area contributed by atoms with Gasteiger partial charge in [0.2, 0.25) is 7.21 Å². The third-order valence-electron chi connectivity index (χ3n) is 10.6. The van der Waals surface area contributed by atoms with Crippen molar-refractivity contribution in [1.82, 2.24) is 39.0 Å². The van der Waals surface area contributed by atoms with Crippen molar-refractivity contribution in [2.45, 2.75) is 75.8 Å². The van der Waals surface area contributed by atoms with Crippen molar-refractivity contribution in [3.05, 3.63) is 122 Å². The first-order chi connectivity index (χ1) is 38.0. The van der Waals surface area contributed by atoms with Gasteiger partial charge >= 0.3 is 23.4 Å². The second-order valence-corrected chi connectivity index (χ2v) is 19.7. The van der Waals surface area contributed by atoms with Crippen LogP contribution in [0.5, 0.6) is 0 Å². The second kappa shape index (κ2) is 29.9. The van der Waals surface area contributed by atoms with E-state index in [2.05, 4.69) is 48.2 Å². The van der Waals surface area contributed by atoms with Gasteiger partial charge in [0, 0.05) is 58.9 Å². The van der Waals surface area contributed by atoms with Gasteiger partial charge in [0.05, 0.1) is 25.4 Å². The Hall–Kier alpha value is -6.65. The van der Waals surface area contributed by atoms with Crippen LogP contribution in [0, 0.1) is 0 Å². The van der Waals surface area contributed by atoms with Crippen LogP contribution in [0.25, 0.3) is 22.3 Å². The number of carbonyl (C=O) groups excluding carboxylic acids is 3. The molecule has 9 atom stereocenters. The summed E-state index contributed by atoms with van der Waals surface area (Å²) in [6.45, 7) is 12.5. The molecule has 8 rings (SSSR count). The van der Waals surface area contributed by atoms with Gasteiger partial charge in [-0.05, 0) is 44.5 Å². The number of ether oxygens (including phenoxy) is 2. The zero-order valence-corrected chi connectivity index (χ0v) is 45.1. The molecule has 0 aliphatic carbocycles. The van der Waals surface area contributed by atoms with E-state index in [4.69, 9.17) is 31.0 Å². The van der Waals surface area contributed by atoms with E-state index in [1.54, 1.807) is 60.7 Å². The molecule has 420 valence electrons. The Labute approximate surface area is 449 Å². The maximum Gasteiger partial charge on any atom is 0.695 e. The van der Waals surface area contributed by atoms with Crippen LogP contribution in [0.15, 0.2) is 111 Å². The van der Waals surface area contributed by atoms with Crippen molar-refractivity contribution in [3.63, 3.8) is 0 Å². The molecule has 0 bridgehead atoms. The monoisotopic (exact) mass is 1160 g/mol. The standard InChI is InChI=1S/C22H25FN5O3P.C20H19FN5O6P.C3H3F3O.CH4O2Si.CH4O/c1-5-11-27(21(29)15-9-7-6-8-10-15)19-17-20(25-12-24-19)28(13-26-17)22-16(23)18(14(2)30-22)31-32(3)4;1-2-8-25(19(28)12-6-4-3-5-7-12)17-15-18(23-10-22-17)26(11-24-15)20-14(21)16(32-33(29)30)13(9-27)31-20;1-2(7)3(4,5)6;1-4(2)3;1-2/h5-10,12-14,16,18,22H,1,11H2,2-4H3;2-7,10-11,13-14,16,20,27H,1,8-9H2;1H3;2H,1H3;2H,1H3/p+1/t14-,16-,18-,22-;13-,14-,16-,20-;;;/m11.../s1/i2D;;;;2T. The first kappa shape index (κ1) is 60.6. The molecule has 2 aliphatic heterocycles. The van der Waals surface area contributed by atoms with Crippen LogP contribution >= 0.6 is 16.4 Å². The average Bonchev–Trinajstić information content (AvgIpc) is 4.30. The van der Waals surface area contributed by atoms with E-state index in [-0.39, 0.29) is 54.6 Å². The summed E-state index contributed by atoms with van der Waals surface area (Å²) in [6.07, 6.45) is -6.31. The molecule has 0 radical (unpaired) electrons. The number of imidazole rings is 2. The van der Waals surface area contributed by atoms with Gasteiger partial charge in [0.25, 0.3) is 11.8 Å². The lowest BCUT2D eigenvalue weighted by molar-refractivity contribution is -0.168. The molecule has 6 aromatic rings. The zero-order valence-electron chi connectivity index (χ0n) is 44.3. The summed E-state index contributed by atoms with van der Waals surface area (Å²) < 4.78 is 121. The number of alkyl halides is 5. The summed E-state index contributed by atoms with van der Waals surface area (Å²) in [5.41, 5.74) is 1.94. The van der Waals surface area contributed by atoms with E-state index < -0.39 is 93.1 Å². The number of aliphatic hydroxyl groups is 2. The molecule has 2 amide bonds. The van der Waals surface area contributed by atoms with Crippen LogP contribution in [-0.2, 0) is 32.3 Å². The molecule has 2 saturated heterocycles. The molecular weight excluding hydrogens is 1100 g/mol. The predicted octanol–water partition coefficient (Wildman–Crippen LogP) is 6.15. The van der Waals surface area contributed by atoms with Crippen LogP contribution < -0.4 is 9.80 Å². The Morgan fingerprint density at radius 1 is 0.859 bits per heavy atom. The molecule has 2 fully saturated rings. The number of hydrogen-bond acceptors (Lipinski definition) is 17. The number of aliphatic hydroxyl groups excluding tert-OH is 2. The van der Waals surface area contributed by atoms with Gasteiger partial charge in [0.15, 0.2) is 64.9 Å². The highest BCUT2D eigenvalue weighted by atomic mass is 31.1. The van der Waals surface area contributed by atoms with Gasteiger partial charge in [-0.1, -0.05) is 48.6 Å². The number of ketones is 1. The number of rotatable bonds is 15. The Kier molecular flexibility index (Phi) is 23.2. The lowest BCUT2D eigenvalue weighted by atomic mass is 10.1. The summed E-state index contributed by atoms with van der Waals surface area (Å²) in [4.78, 5) is 80.7. The number of Topliss-reactive ketones (excluding diaryl/α,β-unsaturated/α-hetero) is 1. The number of amides is 2. The zero-order chi connectivity index (χ0) is 59.4. The van der Waals surface area contributed by atoms with Gasteiger partial charge in [-0.15, -0.1) is 22.6 Å². The largest absolute Gasteiger partial charge is 0.695 e. The first-order valence-corrected chi connectivity index (χ1v) is 27.9. The van der Waals surface area contributed by atoms with Gasteiger partial charge < -0.3 is 33.5 Å². The summed E-state index contributed by atoms with van der Waals surface area (Å²) in [6, 6.07) is 17.4. The quantitative estimate of drug-likeness (QED) is 0.0388. The normalized spacial score (nSPS) is 20.9. The average molecular weight is 1160 g/mol. The van der Waals surface area contributed by atoms with E-state index in [1.165, 1.54) is 64.0 Å². The maximum atomic E-state index is 15.4. The second-order valence-electron chi connectivity index (χ2n) is 16.1. The number of carbonyl (C=O) groups is 3. The number of hydrogen-bond donors (Lipinski definition) is 4. The number of nitrogens with zero attached hydrogens (tertiary/aromatic N) is 10. The Morgan fingerprint density at radius 2 is 1.27 bits per heavy atom. The number of benzene rings is 2. The van der Waals surface area contributed by atoms with Crippen LogP contribution in [0.2, 0.25) is 6.55 Å². The van der Waals surface area contributed by atoms with Crippen molar-refractivity contribution in [3.8, 4) is 0 Å². The van der Waals surface area contributed by atoms with E-state index in [1.807, 2.05) is 19.4 Å². The van der Waals surface area contributed by atoms with Gasteiger partial charge in [-0.25, -0.2) is 38.7 Å². The Morgan fingerprint density at radius 3 is 1.63 bits per heavy atom. The van der Waals surface area contributed by atoms with E-state index in [9.17, 15) is 41.7 Å². The van der Waals surface area contributed by atoms with Crippen LogP contribution in [0.3, 0.4) is 0 Å². The summed E-state index contributed by atoms with van der Waals surface area (Å²) in [7, 11) is -4.79. The lowest BCUT2D eigenvalue weighted by Crippen LogP contribution is -2.32. The molecule has 1 unspecified atom stereocenters. The topological polar surface area (TPSA) is 297 Å². The minimum Gasteiger partial charge on any atom is -0.540 e. The maximum absolute atomic E-state index is 15.4. The molecule has 23 nitrogen and oxygen atoms in total. The molecule has 4 aromatic heterocycles. The fraction of sp³-hybridized carbons (Fsp3) is 0.383. The highest BCUT2D eigenvalue weighted by molar-refractivity contribution is 7.50. The fourth-order valence-corrected chi connectivity index (χ4v) is 8.49. The molecule has 78 heavy (non-hydrogen) atoms. The van der Waals surface area contributed by atoms with Gasteiger partial charge in [-0.3, -0.25) is 33.3 Å². The predicted molar refractivity (Wildman–Crippen MR) is 275 cm³/mol. The highest BCUT2D eigenvalue weighted by Crippen LogP contribution is 2.42. The molecule has 4 N–H and O–H groups in total. The van der Waals surface area contributed by atoms with Crippen LogP contribution in [0.4, 0.5) is 33.6 Å². The minimum atomic E-state index is -4.64. The van der Waals surface area contributed by atoms with Gasteiger partial charge in [-0.2, -0.15) is 13.2 Å². The minimum absolute atomic E-state index is 0.129. The SMILES string of the molecule is C=CCN(C(=O)c1ccccc1)c1ncnc2c1ncn2[C@@H]1O[C@H](CO)[C@@H](O[P+](=O)O)[C@H]1F.CC(=O)C(F)(F)F.C[Si](=O)O.[2H]C[C@H]1O[C@@H](n2cnc3c(N(CC=C)C(=O)c4ccccc4)ncnc32)[C@H](F)[C@@H]1OP(C)C.[3H]OC. The van der Waals surface area contributed by atoms with Crippen molar-refractivity contribution < 1.29 is 85.2 Å². The number of fused-ring (bicyclic) bond motifs is 2. The smallest absolute Gasteiger partial charge is 0.540 e. The number of halogens is 5. The molecule has 0 spiro atoms. The van der Waals surface area contributed by atoms with Crippen molar-refractivity contribution >= 4 is 76.9 Å². The van der Waals surface area contributed by atoms with E-state index >= 15 is 8.78 Å². The van der Waals surface area contributed by atoms with E-state index in [0.29, 0.717) is 29.2 Å². The fourth-order valence-electron chi connectivity index (χ4n) is 7.29. The van der Waals surface area contributed by atoms with Crippen LogP contribution in [-0.4, -0.2) is 170 Å². The summed E-state index contributed by atoms with van der Waals surface area (Å²) in [5, 5.41) is 13.0.